The Balaban J connectivity index is 2.91. The Hall–Kier alpha value is -1.52. The minimum absolute atomic E-state index is 0.0329. The lowest BCUT2D eigenvalue weighted by molar-refractivity contribution is 0.597. The highest BCUT2D eigenvalue weighted by Gasteiger charge is 2.10. The number of benzene rings is 1. The Morgan fingerprint density at radius 1 is 1.31 bits per heavy atom. The normalized spacial score (nSPS) is 10.8. The molecule has 0 N–H and O–H groups in total. The van der Waals surface area contributed by atoms with Crippen molar-refractivity contribution in [3.63, 3.8) is 0 Å². The van der Waals surface area contributed by atoms with Gasteiger partial charge in [-0.25, -0.2) is 8.42 Å². The second kappa shape index (κ2) is 5.53. The summed E-state index contributed by atoms with van der Waals surface area (Å²) in [6.07, 6.45) is 3.10. The van der Waals surface area contributed by atoms with Gasteiger partial charge < -0.3 is 0 Å². The third-order valence-corrected chi connectivity index (χ3v) is 3.34. The molecule has 0 heterocycles. The first-order chi connectivity index (χ1) is 7.60. The third-order valence-electron chi connectivity index (χ3n) is 2.18. The fourth-order valence-corrected chi connectivity index (χ4v) is 1.97. The van der Waals surface area contributed by atoms with Crippen LogP contribution in [0.1, 0.15) is 25.3 Å². The molecule has 0 aromatic heterocycles. The van der Waals surface area contributed by atoms with Gasteiger partial charge in [-0.3, -0.25) is 0 Å². The zero-order valence-electron chi connectivity index (χ0n) is 9.00. The summed E-state index contributed by atoms with van der Waals surface area (Å²) in [5.41, 5.74) is 9.20. The van der Waals surface area contributed by atoms with E-state index in [1.165, 1.54) is 12.1 Å². The summed E-state index contributed by atoms with van der Waals surface area (Å²) in [5.74, 6) is 0. The lowest BCUT2D eigenvalue weighted by atomic mass is 10.1. The molecule has 0 fully saturated rings. The molecule has 0 radical (unpaired) electrons. The van der Waals surface area contributed by atoms with Crippen LogP contribution in [0.15, 0.2) is 33.7 Å². The van der Waals surface area contributed by atoms with Gasteiger partial charge in [0.2, 0.25) is 0 Å². The first-order valence-corrected chi connectivity index (χ1v) is 6.44. The molecule has 0 atom stereocenters. The first kappa shape index (κ1) is 12.5. The molecule has 1 rings (SSSR count). The Kier molecular flexibility index (Phi) is 4.34. The van der Waals surface area contributed by atoms with Gasteiger partial charge in [0.25, 0.3) is 10.0 Å². The van der Waals surface area contributed by atoms with Crippen LogP contribution in [0.3, 0.4) is 0 Å². The zero-order valence-corrected chi connectivity index (χ0v) is 9.81. The molecule has 86 valence electrons. The van der Waals surface area contributed by atoms with E-state index in [0.29, 0.717) is 0 Å². The molecule has 0 unspecified atom stereocenters. The van der Waals surface area contributed by atoms with Crippen molar-refractivity contribution in [2.24, 2.45) is 4.52 Å². The van der Waals surface area contributed by atoms with Crippen LogP contribution in [0, 0.1) is 0 Å². The maximum Gasteiger partial charge on any atom is 0.264 e. The van der Waals surface area contributed by atoms with Crippen LogP contribution >= 0.6 is 0 Å². The minimum Gasteiger partial charge on any atom is -0.216 e. The number of rotatable bonds is 5. The molecule has 0 aliphatic carbocycles. The van der Waals surface area contributed by atoms with E-state index >= 15 is 0 Å². The lowest BCUT2D eigenvalue weighted by Crippen LogP contribution is -1.95. The topological polar surface area (TPSA) is 82.9 Å². The second-order valence-electron chi connectivity index (χ2n) is 3.39. The highest BCUT2D eigenvalue weighted by Crippen LogP contribution is 2.14. The van der Waals surface area contributed by atoms with Gasteiger partial charge in [0.05, 0.1) is 4.90 Å². The Labute approximate surface area is 94.8 Å². The van der Waals surface area contributed by atoms with Gasteiger partial charge in [-0.05, 0) is 36.1 Å². The summed E-state index contributed by atoms with van der Waals surface area (Å²) in [7, 11) is -3.84. The molecule has 0 spiro atoms. The Morgan fingerprint density at radius 3 is 2.44 bits per heavy atom. The molecule has 1 aromatic carbocycles. The predicted molar refractivity (Wildman–Crippen MR) is 61.4 cm³/mol. The van der Waals surface area contributed by atoms with Gasteiger partial charge in [0.1, 0.15) is 0 Å². The number of unbranched alkanes of at least 4 members (excludes halogenated alkanes) is 1. The fraction of sp³-hybridized carbons (Fsp3) is 0.400. The van der Waals surface area contributed by atoms with Gasteiger partial charge in [0, 0.05) is 9.43 Å². The van der Waals surface area contributed by atoms with E-state index in [1.807, 2.05) is 0 Å². The number of azide groups is 1. The van der Waals surface area contributed by atoms with Crippen molar-refractivity contribution in [3.05, 3.63) is 40.3 Å². The number of hydrogen-bond donors (Lipinski definition) is 0. The van der Waals surface area contributed by atoms with Crippen molar-refractivity contribution in [1.29, 1.82) is 0 Å². The van der Waals surface area contributed by atoms with Crippen LogP contribution in [-0.4, -0.2) is 8.42 Å². The standard InChI is InChI=1S/C10H13N3O2S/c1-2-3-4-9-5-7-10(8-6-9)16(14,15)13-12-11/h5-8H,2-4H2,1H3. The van der Waals surface area contributed by atoms with Crippen molar-refractivity contribution in [2.45, 2.75) is 31.1 Å². The molecule has 0 amide bonds. The smallest absolute Gasteiger partial charge is 0.216 e. The number of nitrogens with zero attached hydrogens (tertiary/aromatic N) is 3. The average molecular weight is 239 g/mol. The minimum atomic E-state index is -3.84. The molecule has 16 heavy (non-hydrogen) atoms. The summed E-state index contributed by atoms with van der Waals surface area (Å²) in [5, 5.41) is 0. The molecule has 6 heteroatoms. The average Bonchev–Trinajstić information content (AvgIpc) is 2.27. The van der Waals surface area contributed by atoms with Gasteiger partial charge in [-0.15, -0.1) is 0 Å². The third kappa shape index (κ3) is 3.25. The molecule has 0 saturated carbocycles. The molecule has 0 aliphatic rings. The predicted octanol–water partition coefficient (Wildman–Crippen LogP) is 3.03. The molecule has 0 saturated heterocycles. The van der Waals surface area contributed by atoms with Gasteiger partial charge in [0.15, 0.2) is 0 Å². The molecule has 1 aromatic rings. The summed E-state index contributed by atoms with van der Waals surface area (Å²) >= 11 is 0. The Bertz CT molecular complexity index is 487. The molecule has 0 aliphatic heterocycles. The fourth-order valence-electron chi connectivity index (χ4n) is 1.30. The first-order valence-electron chi connectivity index (χ1n) is 5.00. The zero-order chi connectivity index (χ0) is 12.0. The van der Waals surface area contributed by atoms with E-state index in [9.17, 15) is 8.42 Å². The second-order valence-corrected chi connectivity index (χ2v) is 4.98. The number of aryl methyl sites for hydroxylation is 1. The summed E-state index contributed by atoms with van der Waals surface area (Å²) in [6.45, 7) is 2.10. The van der Waals surface area contributed by atoms with Crippen LogP contribution in [0.5, 0.6) is 0 Å². The largest absolute Gasteiger partial charge is 0.264 e. The highest BCUT2D eigenvalue weighted by molar-refractivity contribution is 7.90. The molecule has 0 bridgehead atoms. The van der Waals surface area contributed by atoms with Crippen molar-refractivity contribution >= 4 is 10.0 Å². The highest BCUT2D eigenvalue weighted by atomic mass is 32.2. The van der Waals surface area contributed by atoms with Crippen molar-refractivity contribution < 1.29 is 8.42 Å². The van der Waals surface area contributed by atoms with Crippen LogP contribution in [0.2, 0.25) is 0 Å². The van der Waals surface area contributed by atoms with Crippen LogP contribution in [-0.2, 0) is 16.4 Å². The SMILES string of the molecule is CCCCc1ccc(S(=O)(=O)N=[N+]=[N-])cc1. The van der Waals surface area contributed by atoms with E-state index in [0.717, 1.165) is 24.8 Å². The van der Waals surface area contributed by atoms with Crippen molar-refractivity contribution in [2.75, 3.05) is 0 Å². The number of hydrogen-bond acceptors (Lipinski definition) is 2. The monoisotopic (exact) mass is 239 g/mol. The maximum absolute atomic E-state index is 11.3. The summed E-state index contributed by atoms with van der Waals surface area (Å²) in [6, 6.07) is 6.43. The quantitative estimate of drug-likeness (QED) is 0.449. The van der Waals surface area contributed by atoms with Crippen LogP contribution in [0.4, 0.5) is 0 Å². The van der Waals surface area contributed by atoms with Crippen molar-refractivity contribution in [1.82, 2.24) is 0 Å². The summed E-state index contributed by atoms with van der Waals surface area (Å²) < 4.78 is 25.4. The van der Waals surface area contributed by atoms with E-state index in [-0.39, 0.29) is 4.90 Å². The van der Waals surface area contributed by atoms with Gasteiger partial charge in [-0.1, -0.05) is 25.5 Å². The van der Waals surface area contributed by atoms with Gasteiger partial charge in [-0.2, -0.15) is 0 Å². The number of sulfonamides is 1. The summed E-state index contributed by atoms with van der Waals surface area (Å²) in [4.78, 5) is 2.33. The van der Waals surface area contributed by atoms with Crippen molar-refractivity contribution in [3.8, 4) is 0 Å². The van der Waals surface area contributed by atoms with E-state index in [2.05, 4.69) is 16.4 Å². The lowest BCUT2D eigenvalue weighted by Gasteiger charge is -2.01. The van der Waals surface area contributed by atoms with Crippen LogP contribution in [0.25, 0.3) is 10.4 Å². The van der Waals surface area contributed by atoms with Gasteiger partial charge >= 0.3 is 0 Å². The van der Waals surface area contributed by atoms with E-state index in [1.54, 1.807) is 12.1 Å². The van der Waals surface area contributed by atoms with E-state index in [4.69, 9.17) is 5.53 Å². The molecule has 5 nitrogen and oxygen atoms in total. The van der Waals surface area contributed by atoms with E-state index < -0.39 is 10.0 Å². The maximum atomic E-state index is 11.3. The molecular weight excluding hydrogens is 226 g/mol. The van der Waals surface area contributed by atoms with Crippen LogP contribution < -0.4 is 0 Å². The molecular formula is C10H13N3O2S. The Morgan fingerprint density at radius 2 is 1.94 bits per heavy atom.